The average Bonchev–Trinajstić information content (AvgIpc) is 3.27. The predicted octanol–water partition coefficient (Wildman–Crippen LogP) is 2.30. The van der Waals surface area contributed by atoms with E-state index in [9.17, 15) is 0 Å². The van der Waals surface area contributed by atoms with E-state index >= 15 is 0 Å². The van der Waals surface area contributed by atoms with E-state index in [1.165, 1.54) is 16.7 Å². The van der Waals surface area contributed by atoms with Gasteiger partial charge in [0.1, 0.15) is 0 Å². The smallest absolute Gasteiger partial charge is 0.0581 e. The monoisotopic (exact) mass is 453 g/mol. The fourth-order valence-electron chi connectivity index (χ4n) is 3.75. The summed E-state index contributed by atoms with van der Waals surface area (Å²) < 4.78 is 0. The van der Waals surface area contributed by atoms with Gasteiger partial charge in [0.15, 0.2) is 0 Å². The molecule has 0 fully saturated rings. The average molecular weight is 454 g/mol. The van der Waals surface area contributed by atoms with Gasteiger partial charge in [-0.2, -0.15) is 0 Å². The summed E-state index contributed by atoms with van der Waals surface area (Å²) in [6, 6.07) is -0.187. The van der Waals surface area contributed by atoms with Gasteiger partial charge in [-0.25, -0.2) is 0 Å². The van der Waals surface area contributed by atoms with E-state index < -0.39 is 0 Å². The maximum absolute atomic E-state index is 6.03. The summed E-state index contributed by atoms with van der Waals surface area (Å²) in [5, 5.41) is 5.40. The second-order valence-electron chi connectivity index (χ2n) is 7.72. The Kier molecular flexibility index (Phi) is 11.8. The molecule has 0 bridgehead atoms. The van der Waals surface area contributed by atoms with Crippen molar-refractivity contribution < 1.29 is 0 Å². The lowest BCUT2D eigenvalue weighted by molar-refractivity contribution is 0.812. The highest BCUT2D eigenvalue weighted by Crippen LogP contribution is 2.22. The number of nitrogens with two attached hydrogens (primary N) is 2. The zero-order valence-electron chi connectivity index (χ0n) is 21.7. The van der Waals surface area contributed by atoms with E-state index in [1.807, 2.05) is 40.0 Å². The van der Waals surface area contributed by atoms with Crippen LogP contribution in [0.1, 0.15) is 61.3 Å². The van der Waals surface area contributed by atoms with Crippen molar-refractivity contribution in [3.05, 3.63) is 50.0 Å². The molecule has 2 aromatic rings. The molecule has 33 heavy (non-hydrogen) atoms. The number of hydrogen-bond donors (Lipinski definition) is 5. The highest BCUT2D eigenvalue weighted by atomic mass is 14.8. The highest BCUT2D eigenvalue weighted by molar-refractivity contribution is 6.11. The van der Waals surface area contributed by atoms with Gasteiger partial charge < -0.3 is 26.8 Å². The molecular weight excluding hydrogens is 410 g/mol. The standard InChI is InChI=1S/C24H37N7.C2H6/c1-8-18-14(2)21(30-23(18)9-17(12-25)28-6)11-24-19(13-27-5)15(3)20(31-24)10-22(29-7)16(4)26;1-2/h9-11,16,27,30-31H,7-8,12-13,25-26H2,1-6H3;1-2H3/b21-11-,22-10-,23-9-,28-17?;. The summed E-state index contributed by atoms with van der Waals surface area (Å²) in [4.78, 5) is 15.5. The van der Waals surface area contributed by atoms with E-state index in [4.69, 9.17) is 11.5 Å². The second-order valence-corrected chi connectivity index (χ2v) is 7.72. The third kappa shape index (κ3) is 6.87. The van der Waals surface area contributed by atoms with Crippen LogP contribution in [0.25, 0.3) is 18.2 Å². The number of nitrogens with zero attached hydrogens (tertiary/aromatic N) is 2. The Balaban J connectivity index is 0.00000265. The van der Waals surface area contributed by atoms with Crippen molar-refractivity contribution in [2.45, 2.75) is 60.5 Å². The molecule has 0 saturated carbocycles. The van der Waals surface area contributed by atoms with Crippen LogP contribution in [0.15, 0.2) is 15.7 Å². The van der Waals surface area contributed by atoms with Gasteiger partial charge in [-0.1, -0.05) is 20.8 Å². The minimum atomic E-state index is -0.187. The Morgan fingerprint density at radius 3 is 2.27 bits per heavy atom. The summed E-state index contributed by atoms with van der Waals surface area (Å²) in [5.74, 6) is 0. The minimum Gasteiger partial charge on any atom is -0.355 e. The van der Waals surface area contributed by atoms with Gasteiger partial charge >= 0.3 is 0 Å². The summed E-state index contributed by atoms with van der Waals surface area (Å²) in [7, 11) is 3.72. The van der Waals surface area contributed by atoms with Crippen molar-refractivity contribution in [1.29, 1.82) is 0 Å². The van der Waals surface area contributed by atoms with E-state index in [0.717, 1.165) is 52.0 Å². The lowest BCUT2D eigenvalue weighted by Crippen LogP contribution is -2.19. The van der Waals surface area contributed by atoms with Crippen LogP contribution in [0.3, 0.4) is 0 Å². The van der Waals surface area contributed by atoms with Gasteiger partial charge in [0.2, 0.25) is 0 Å². The molecule has 0 radical (unpaired) electrons. The molecule has 0 saturated heterocycles. The maximum Gasteiger partial charge on any atom is 0.0581 e. The van der Waals surface area contributed by atoms with E-state index in [2.05, 4.69) is 58.8 Å². The van der Waals surface area contributed by atoms with Crippen molar-refractivity contribution >= 4 is 30.7 Å². The first-order valence-electron chi connectivity index (χ1n) is 11.7. The van der Waals surface area contributed by atoms with Gasteiger partial charge in [0.25, 0.3) is 0 Å². The highest BCUT2D eigenvalue weighted by Gasteiger charge is 2.13. The molecule has 0 amide bonds. The summed E-state index contributed by atoms with van der Waals surface area (Å²) in [6.07, 6.45) is 7.11. The lowest BCUT2D eigenvalue weighted by Gasteiger charge is -2.05. The van der Waals surface area contributed by atoms with Crippen molar-refractivity contribution in [3.63, 3.8) is 0 Å². The molecular formula is C26H43N7. The molecule has 2 aromatic heterocycles. The molecule has 0 aliphatic carbocycles. The molecule has 2 heterocycles. The van der Waals surface area contributed by atoms with E-state index in [0.29, 0.717) is 6.54 Å². The molecule has 0 aliphatic heterocycles. The second kappa shape index (κ2) is 13.7. The third-order valence-electron chi connectivity index (χ3n) is 5.65. The molecule has 7 N–H and O–H groups in total. The van der Waals surface area contributed by atoms with Crippen LogP contribution in [-0.4, -0.2) is 49.1 Å². The van der Waals surface area contributed by atoms with Gasteiger partial charge in [-0.3, -0.25) is 9.98 Å². The Labute approximate surface area is 198 Å². The third-order valence-corrected chi connectivity index (χ3v) is 5.65. The molecule has 1 unspecified atom stereocenters. The zero-order valence-corrected chi connectivity index (χ0v) is 21.7. The molecule has 0 aromatic carbocycles. The molecule has 0 spiro atoms. The Hall–Kier alpha value is -2.74. The van der Waals surface area contributed by atoms with E-state index in [1.54, 1.807) is 7.05 Å². The van der Waals surface area contributed by atoms with Crippen molar-refractivity contribution in [1.82, 2.24) is 15.3 Å². The van der Waals surface area contributed by atoms with Gasteiger partial charge in [-0.05, 0) is 81.4 Å². The summed E-state index contributed by atoms with van der Waals surface area (Å²) >= 11 is 0. The predicted molar refractivity (Wildman–Crippen MR) is 145 cm³/mol. The molecule has 0 aliphatic rings. The van der Waals surface area contributed by atoms with Gasteiger partial charge in [-0.15, -0.1) is 0 Å². The number of aromatic nitrogens is 2. The first kappa shape index (κ1) is 28.3. The molecule has 1 atom stereocenters. The SMILES string of the molecule is C=N/C(=C\c1[nH]c(/C=c2\[nH]/c(=C\C(CN)=NC)c(CC)c2C)c(CNC)c1C)C(C)N.CC. The number of hydrogen-bond acceptors (Lipinski definition) is 5. The summed E-state index contributed by atoms with van der Waals surface area (Å²) in [6.45, 7) is 17.1. The number of H-pyrrole nitrogens is 2. The molecule has 7 heteroatoms. The van der Waals surface area contributed by atoms with Crippen LogP contribution < -0.4 is 27.5 Å². The number of aliphatic imine (C=N–C) groups is 2. The Bertz CT molecular complexity index is 1090. The van der Waals surface area contributed by atoms with E-state index in [-0.39, 0.29) is 6.04 Å². The number of aromatic amines is 2. The van der Waals surface area contributed by atoms with Crippen LogP contribution in [0, 0.1) is 13.8 Å². The molecule has 2 rings (SSSR count). The molecule has 182 valence electrons. The normalized spacial score (nSPS) is 14.4. The van der Waals surface area contributed by atoms with Gasteiger partial charge in [0.05, 0.1) is 11.4 Å². The minimum absolute atomic E-state index is 0.187. The van der Waals surface area contributed by atoms with Crippen LogP contribution in [0.5, 0.6) is 0 Å². The number of rotatable bonds is 9. The quantitative estimate of drug-likeness (QED) is 0.375. The van der Waals surface area contributed by atoms with Crippen LogP contribution in [-0.2, 0) is 13.0 Å². The summed E-state index contributed by atoms with van der Waals surface area (Å²) in [5.41, 5.74) is 20.4. The Morgan fingerprint density at radius 2 is 1.79 bits per heavy atom. The largest absolute Gasteiger partial charge is 0.355 e. The Morgan fingerprint density at radius 1 is 1.12 bits per heavy atom. The molecule has 7 nitrogen and oxygen atoms in total. The topological polar surface area (TPSA) is 120 Å². The first-order chi connectivity index (χ1) is 15.8. The lowest BCUT2D eigenvalue weighted by atomic mass is 10.1. The maximum atomic E-state index is 6.03. The first-order valence-corrected chi connectivity index (χ1v) is 11.7. The van der Waals surface area contributed by atoms with Crippen molar-refractivity contribution in [2.75, 3.05) is 20.6 Å². The van der Waals surface area contributed by atoms with Crippen LogP contribution in [0.4, 0.5) is 0 Å². The van der Waals surface area contributed by atoms with Crippen molar-refractivity contribution in [3.8, 4) is 0 Å². The fourth-order valence-corrected chi connectivity index (χ4v) is 3.75. The van der Waals surface area contributed by atoms with Crippen LogP contribution >= 0.6 is 0 Å². The zero-order chi connectivity index (χ0) is 25.1. The van der Waals surface area contributed by atoms with Crippen LogP contribution in [0.2, 0.25) is 0 Å². The van der Waals surface area contributed by atoms with Crippen molar-refractivity contribution in [2.24, 2.45) is 21.5 Å². The number of nitrogens with one attached hydrogen (secondary N) is 3. The van der Waals surface area contributed by atoms with Gasteiger partial charge in [0, 0.05) is 48.3 Å². The fraction of sp³-hybridized carbons (Fsp3) is 0.462.